The third-order valence-electron chi connectivity index (χ3n) is 2.80. The summed E-state index contributed by atoms with van der Waals surface area (Å²) in [6.07, 6.45) is 0. The first-order chi connectivity index (χ1) is 7.20. The van der Waals surface area contributed by atoms with Gasteiger partial charge in [0.1, 0.15) is 0 Å². The maximum atomic E-state index is 12.1. The molecule has 0 saturated carbocycles. The van der Waals surface area contributed by atoms with Crippen molar-refractivity contribution in [3.63, 3.8) is 0 Å². The lowest BCUT2D eigenvalue weighted by atomic mass is 10.2. The van der Waals surface area contributed by atoms with Crippen LogP contribution in [0, 0.1) is 0 Å². The Morgan fingerprint density at radius 1 is 1.19 bits per heavy atom. The highest BCUT2D eigenvalue weighted by Crippen LogP contribution is 2.08. The number of halogens is 1. The van der Waals surface area contributed by atoms with Gasteiger partial charge in [-0.25, -0.2) is 0 Å². The normalized spacial score (nSPS) is 12.0. The molecule has 1 unspecified atom stereocenters. The Bertz CT molecular complexity index is 309. The van der Waals surface area contributed by atoms with E-state index < -0.39 is 0 Å². The Morgan fingerprint density at radius 2 is 1.69 bits per heavy atom. The summed E-state index contributed by atoms with van der Waals surface area (Å²) in [5.41, 5.74) is 0.803. The Kier molecular flexibility index (Phi) is 7.02. The van der Waals surface area contributed by atoms with Crippen LogP contribution >= 0.6 is 12.4 Å². The number of benzene rings is 1. The number of likely N-dealkylation sites (N-methyl/N-ethyl adjacent to an activating group) is 1. The molecule has 0 saturated heterocycles. The molecule has 0 radical (unpaired) electrons. The Balaban J connectivity index is 0.00000225. The molecule has 1 atom stereocenters. The number of hydrogen-bond donors (Lipinski definition) is 0. The van der Waals surface area contributed by atoms with Gasteiger partial charge in [0.05, 0.1) is 6.04 Å². The van der Waals surface area contributed by atoms with Gasteiger partial charge in [0.25, 0.3) is 0 Å². The Morgan fingerprint density at radius 3 is 2.12 bits per heavy atom. The van der Waals surface area contributed by atoms with Gasteiger partial charge < -0.3 is 0 Å². The van der Waals surface area contributed by atoms with Crippen LogP contribution in [0.1, 0.15) is 31.1 Å². The predicted octanol–water partition coefficient (Wildman–Crippen LogP) is 3.02. The van der Waals surface area contributed by atoms with Crippen molar-refractivity contribution in [3.05, 3.63) is 35.9 Å². The summed E-state index contributed by atoms with van der Waals surface area (Å²) in [6.45, 7) is 7.96. The van der Waals surface area contributed by atoms with E-state index in [1.807, 2.05) is 37.3 Å². The van der Waals surface area contributed by atoms with Gasteiger partial charge >= 0.3 is 0 Å². The fourth-order valence-corrected chi connectivity index (χ4v) is 1.78. The summed E-state index contributed by atoms with van der Waals surface area (Å²) < 4.78 is 0. The highest BCUT2D eigenvalue weighted by atomic mass is 35.5. The number of rotatable bonds is 5. The van der Waals surface area contributed by atoms with Crippen LogP contribution in [0.5, 0.6) is 0 Å². The van der Waals surface area contributed by atoms with Crippen LogP contribution in [0.3, 0.4) is 0 Å². The van der Waals surface area contributed by atoms with Crippen LogP contribution in [-0.2, 0) is 0 Å². The summed E-state index contributed by atoms with van der Waals surface area (Å²) >= 11 is 0. The smallest absolute Gasteiger partial charge is 0.179 e. The largest absolute Gasteiger partial charge is 0.294 e. The van der Waals surface area contributed by atoms with Crippen LogP contribution in [0.4, 0.5) is 0 Å². The summed E-state index contributed by atoms with van der Waals surface area (Å²) in [6, 6.07) is 9.47. The van der Waals surface area contributed by atoms with Crippen molar-refractivity contribution in [1.82, 2.24) is 4.90 Å². The molecule has 0 aromatic heterocycles. The van der Waals surface area contributed by atoms with Gasteiger partial charge in [-0.3, -0.25) is 9.69 Å². The third-order valence-corrected chi connectivity index (χ3v) is 2.80. The molecule has 0 heterocycles. The van der Waals surface area contributed by atoms with Gasteiger partial charge in [0, 0.05) is 5.56 Å². The van der Waals surface area contributed by atoms with E-state index in [2.05, 4.69) is 18.7 Å². The number of nitrogens with zero attached hydrogens (tertiary/aromatic N) is 1. The molecular formula is C13H20ClNO. The van der Waals surface area contributed by atoms with Crippen LogP contribution in [-0.4, -0.2) is 29.8 Å². The molecule has 0 amide bonds. The van der Waals surface area contributed by atoms with Crippen molar-refractivity contribution >= 4 is 18.2 Å². The average Bonchev–Trinajstić information content (AvgIpc) is 2.30. The first-order valence-electron chi connectivity index (χ1n) is 5.54. The minimum Gasteiger partial charge on any atom is -0.294 e. The van der Waals surface area contributed by atoms with E-state index >= 15 is 0 Å². The number of ketones is 1. The maximum absolute atomic E-state index is 12.1. The zero-order chi connectivity index (χ0) is 11.3. The molecule has 3 heteroatoms. The molecule has 0 N–H and O–H groups in total. The summed E-state index contributed by atoms with van der Waals surface area (Å²) in [7, 11) is 0. The van der Waals surface area contributed by atoms with Gasteiger partial charge in [-0.2, -0.15) is 0 Å². The number of hydrogen-bond acceptors (Lipinski definition) is 2. The maximum Gasteiger partial charge on any atom is 0.179 e. The molecule has 16 heavy (non-hydrogen) atoms. The van der Waals surface area contributed by atoms with Crippen molar-refractivity contribution in [2.24, 2.45) is 0 Å². The molecule has 0 aliphatic carbocycles. The summed E-state index contributed by atoms with van der Waals surface area (Å²) in [5.74, 6) is 0.208. The minimum atomic E-state index is -0.0256. The van der Waals surface area contributed by atoms with Crippen molar-refractivity contribution in [2.45, 2.75) is 26.8 Å². The highest BCUT2D eigenvalue weighted by molar-refractivity contribution is 5.99. The fraction of sp³-hybridized carbons (Fsp3) is 0.462. The van der Waals surface area contributed by atoms with Gasteiger partial charge in [-0.05, 0) is 20.0 Å². The lowest BCUT2D eigenvalue weighted by molar-refractivity contribution is 0.0851. The predicted molar refractivity (Wildman–Crippen MR) is 70.4 cm³/mol. The fourth-order valence-electron chi connectivity index (χ4n) is 1.78. The third kappa shape index (κ3) is 3.62. The van der Waals surface area contributed by atoms with Gasteiger partial charge in [0.15, 0.2) is 5.78 Å². The molecule has 0 bridgehead atoms. The van der Waals surface area contributed by atoms with Crippen molar-refractivity contribution < 1.29 is 4.79 Å². The topological polar surface area (TPSA) is 20.3 Å². The quantitative estimate of drug-likeness (QED) is 0.746. The van der Waals surface area contributed by atoms with Crippen molar-refractivity contribution in [1.29, 1.82) is 0 Å². The zero-order valence-corrected chi connectivity index (χ0v) is 11.0. The van der Waals surface area contributed by atoms with Gasteiger partial charge in [-0.1, -0.05) is 44.2 Å². The van der Waals surface area contributed by atoms with Crippen LogP contribution in [0.2, 0.25) is 0 Å². The van der Waals surface area contributed by atoms with E-state index in [9.17, 15) is 4.79 Å². The second-order valence-electron chi connectivity index (χ2n) is 3.63. The Labute approximate surface area is 104 Å². The van der Waals surface area contributed by atoms with Crippen LogP contribution in [0.25, 0.3) is 0 Å². The highest BCUT2D eigenvalue weighted by Gasteiger charge is 2.19. The molecular weight excluding hydrogens is 228 g/mol. The van der Waals surface area contributed by atoms with E-state index in [0.717, 1.165) is 18.7 Å². The van der Waals surface area contributed by atoms with E-state index in [1.165, 1.54) is 0 Å². The number of carbonyl (C=O) groups is 1. The van der Waals surface area contributed by atoms with E-state index in [-0.39, 0.29) is 24.2 Å². The molecule has 90 valence electrons. The molecule has 1 rings (SSSR count). The number of carbonyl (C=O) groups excluding carboxylic acids is 1. The minimum absolute atomic E-state index is 0. The average molecular weight is 248 g/mol. The molecule has 0 fully saturated rings. The van der Waals surface area contributed by atoms with Crippen LogP contribution < -0.4 is 0 Å². The lowest BCUT2D eigenvalue weighted by Gasteiger charge is -2.25. The standard InChI is InChI=1S/C13H19NO.ClH/c1-4-14(5-2)11(3)13(15)12-9-7-6-8-10-12;/h6-11H,4-5H2,1-3H3;1H/i6+1,7+1,8+1,9+1,10+1,12+1;. The molecule has 1 aromatic carbocycles. The second-order valence-corrected chi connectivity index (χ2v) is 3.63. The molecule has 1 aromatic rings. The molecule has 0 spiro atoms. The van der Waals surface area contributed by atoms with Gasteiger partial charge in [0.2, 0.25) is 0 Å². The van der Waals surface area contributed by atoms with E-state index in [4.69, 9.17) is 0 Å². The second kappa shape index (κ2) is 7.42. The summed E-state index contributed by atoms with van der Waals surface area (Å²) in [4.78, 5) is 14.2. The lowest BCUT2D eigenvalue weighted by Crippen LogP contribution is -2.38. The molecule has 0 aliphatic rings. The van der Waals surface area contributed by atoms with E-state index in [0.29, 0.717) is 0 Å². The number of Topliss-reactive ketones (excluding diaryl/α,β-unsaturated/α-hetero) is 1. The Hall–Kier alpha value is -0.860. The molecule has 0 aliphatic heterocycles. The SMILES string of the molecule is CCN(CC)C(C)C(=O)[13c]1[13cH][13cH][13cH][13cH][13cH]1.Cl. The van der Waals surface area contributed by atoms with Crippen molar-refractivity contribution in [2.75, 3.05) is 13.1 Å². The van der Waals surface area contributed by atoms with Crippen molar-refractivity contribution in [3.8, 4) is 0 Å². The first-order valence-corrected chi connectivity index (χ1v) is 5.54. The van der Waals surface area contributed by atoms with Gasteiger partial charge in [-0.15, -0.1) is 12.4 Å². The van der Waals surface area contributed by atoms with Crippen LogP contribution in [0.15, 0.2) is 30.3 Å². The molecule has 2 nitrogen and oxygen atoms in total. The first kappa shape index (κ1) is 15.1. The summed E-state index contributed by atoms with van der Waals surface area (Å²) in [5, 5.41) is 0. The zero-order valence-electron chi connectivity index (χ0n) is 10.1. The monoisotopic (exact) mass is 247 g/mol. The van der Waals surface area contributed by atoms with E-state index in [1.54, 1.807) is 0 Å².